The standard InChI is InChI=1S/C13H8Cl3NO2.C9H7N/c14-7-1-4-12(18)9(5-7)13(19)17-8-2-3-10(15)11(16)6-8;1-2-6-9-8(4-1)5-3-7-10-9/h1-6,18H,(H,17,19);1-7H. The number of fused-ring (bicyclic) bond motifs is 1. The monoisotopic (exact) mass is 444 g/mol. The van der Waals surface area contributed by atoms with Gasteiger partial charge in [-0.25, -0.2) is 0 Å². The van der Waals surface area contributed by atoms with Gasteiger partial charge in [0.1, 0.15) is 5.75 Å². The molecule has 0 radical (unpaired) electrons. The van der Waals surface area contributed by atoms with Gasteiger partial charge in [0, 0.05) is 22.3 Å². The van der Waals surface area contributed by atoms with Gasteiger partial charge in [-0.05, 0) is 48.5 Å². The van der Waals surface area contributed by atoms with E-state index in [9.17, 15) is 9.90 Å². The Kier molecular flexibility index (Phi) is 6.94. The zero-order valence-electron chi connectivity index (χ0n) is 14.9. The number of aromatic hydroxyl groups is 1. The zero-order chi connectivity index (χ0) is 20.8. The minimum Gasteiger partial charge on any atom is -0.507 e. The molecule has 0 saturated carbocycles. The molecule has 0 spiro atoms. The van der Waals surface area contributed by atoms with Crippen molar-refractivity contribution >= 4 is 57.3 Å². The number of benzene rings is 3. The van der Waals surface area contributed by atoms with Crippen LogP contribution >= 0.6 is 34.8 Å². The van der Waals surface area contributed by atoms with Crippen LogP contribution in [0.3, 0.4) is 0 Å². The maximum atomic E-state index is 12.0. The molecule has 0 aliphatic rings. The van der Waals surface area contributed by atoms with Crippen LogP contribution in [-0.2, 0) is 0 Å². The third-order valence-electron chi connectivity index (χ3n) is 3.89. The van der Waals surface area contributed by atoms with E-state index in [0.29, 0.717) is 20.8 Å². The molecular formula is C22H15Cl3N2O2. The maximum Gasteiger partial charge on any atom is 0.259 e. The zero-order valence-corrected chi connectivity index (χ0v) is 17.2. The topological polar surface area (TPSA) is 62.2 Å². The van der Waals surface area contributed by atoms with Crippen molar-refractivity contribution < 1.29 is 9.90 Å². The van der Waals surface area contributed by atoms with Crippen LogP contribution in [0.1, 0.15) is 10.4 Å². The number of halogens is 3. The molecule has 0 atom stereocenters. The molecule has 0 aliphatic heterocycles. The van der Waals surface area contributed by atoms with Gasteiger partial charge in [-0.2, -0.15) is 0 Å². The third-order valence-corrected chi connectivity index (χ3v) is 4.87. The summed E-state index contributed by atoms with van der Waals surface area (Å²) in [7, 11) is 0. The van der Waals surface area contributed by atoms with Crippen LogP contribution < -0.4 is 5.32 Å². The molecule has 4 nitrogen and oxygen atoms in total. The summed E-state index contributed by atoms with van der Waals surface area (Å²) in [6.07, 6.45) is 1.81. The molecule has 3 aromatic carbocycles. The smallest absolute Gasteiger partial charge is 0.259 e. The number of aromatic nitrogens is 1. The number of hydrogen-bond donors (Lipinski definition) is 2. The van der Waals surface area contributed by atoms with Gasteiger partial charge in [-0.3, -0.25) is 9.78 Å². The number of phenolic OH excluding ortho intramolecular Hbond substituents is 1. The lowest BCUT2D eigenvalue weighted by Crippen LogP contribution is -2.12. The quantitative estimate of drug-likeness (QED) is 0.355. The highest BCUT2D eigenvalue weighted by Gasteiger charge is 2.12. The second kappa shape index (κ2) is 9.61. The lowest BCUT2D eigenvalue weighted by atomic mass is 10.2. The number of pyridine rings is 1. The minimum atomic E-state index is -0.488. The predicted octanol–water partition coefficient (Wildman–Crippen LogP) is 6.84. The van der Waals surface area contributed by atoms with Crippen molar-refractivity contribution in [1.82, 2.24) is 4.98 Å². The number of anilines is 1. The van der Waals surface area contributed by atoms with Crippen molar-refractivity contribution in [3.63, 3.8) is 0 Å². The van der Waals surface area contributed by atoms with Gasteiger partial charge >= 0.3 is 0 Å². The summed E-state index contributed by atoms with van der Waals surface area (Å²) in [5.74, 6) is -0.639. The van der Waals surface area contributed by atoms with Crippen molar-refractivity contribution in [2.45, 2.75) is 0 Å². The molecule has 146 valence electrons. The van der Waals surface area contributed by atoms with Gasteiger partial charge in [-0.1, -0.05) is 59.1 Å². The lowest BCUT2D eigenvalue weighted by Gasteiger charge is -2.08. The molecule has 1 amide bonds. The maximum absolute atomic E-state index is 12.0. The Morgan fingerprint density at radius 1 is 0.862 bits per heavy atom. The number of amides is 1. The Morgan fingerprint density at radius 2 is 1.62 bits per heavy atom. The van der Waals surface area contributed by atoms with Gasteiger partial charge in [0.15, 0.2) is 0 Å². The second-order valence-electron chi connectivity index (χ2n) is 5.94. The average Bonchev–Trinajstić information content (AvgIpc) is 2.73. The molecule has 0 unspecified atom stereocenters. The van der Waals surface area contributed by atoms with Gasteiger partial charge in [0.25, 0.3) is 5.91 Å². The predicted molar refractivity (Wildman–Crippen MR) is 119 cm³/mol. The Labute approximate surface area is 182 Å². The van der Waals surface area contributed by atoms with Gasteiger partial charge in [0.05, 0.1) is 21.1 Å². The summed E-state index contributed by atoms with van der Waals surface area (Å²) in [6, 6.07) is 21.0. The van der Waals surface area contributed by atoms with Crippen molar-refractivity contribution in [2.24, 2.45) is 0 Å². The van der Waals surface area contributed by atoms with Crippen LogP contribution in [0.5, 0.6) is 5.75 Å². The van der Waals surface area contributed by atoms with Gasteiger partial charge in [-0.15, -0.1) is 0 Å². The summed E-state index contributed by atoms with van der Waals surface area (Å²) in [5, 5.41) is 14.5. The van der Waals surface area contributed by atoms with E-state index in [4.69, 9.17) is 34.8 Å². The molecule has 1 aromatic heterocycles. The highest BCUT2D eigenvalue weighted by molar-refractivity contribution is 6.42. The second-order valence-corrected chi connectivity index (χ2v) is 7.19. The molecule has 0 saturated heterocycles. The van der Waals surface area contributed by atoms with Crippen LogP contribution in [-0.4, -0.2) is 16.0 Å². The summed E-state index contributed by atoms with van der Waals surface area (Å²) in [6.45, 7) is 0. The number of phenols is 1. The van der Waals surface area contributed by atoms with Crippen molar-refractivity contribution in [3.05, 3.63) is 99.6 Å². The Bertz CT molecular complexity index is 1100. The minimum absolute atomic E-state index is 0.0820. The molecule has 29 heavy (non-hydrogen) atoms. The van der Waals surface area contributed by atoms with Crippen LogP contribution in [0.25, 0.3) is 10.9 Å². The molecule has 4 rings (SSSR count). The van der Waals surface area contributed by atoms with Crippen LogP contribution in [0.2, 0.25) is 15.1 Å². The van der Waals surface area contributed by atoms with E-state index in [2.05, 4.69) is 22.4 Å². The molecule has 7 heteroatoms. The van der Waals surface area contributed by atoms with E-state index in [-0.39, 0.29) is 11.3 Å². The molecular weight excluding hydrogens is 431 g/mol. The molecule has 0 aliphatic carbocycles. The number of carbonyl (C=O) groups is 1. The Hall–Kier alpha value is -2.79. The number of para-hydroxylation sites is 1. The summed E-state index contributed by atoms with van der Waals surface area (Å²) in [5.41, 5.74) is 1.61. The molecule has 2 N–H and O–H groups in total. The van der Waals surface area contributed by atoms with Crippen molar-refractivity contribution in [2.75, 3.05) is 5.32 Å². The third kappa shape index (κ3) is 5.61. The number of nitrogens with one attached hydrogen (secondary N) is 1. The van der Waals surface area contributed by atoms with E-state index >= 15 is 0 Å². The fourth-order valence-corrected chi connectivity index (χ4v) is 2.95. The number of nitrogens with zero attached hydrogens (tertiary/aromatic N) is 1. The molecule has 4 aromatic rings. The van der Waals surface area contributed by atoms with E-state index in [1.54, 1.807) is 12.1 Å². The van der Waals surface area contributed by atoms with Gasteiger partial charge in [0.2, 0.25) is 0 Å². The van der Waals surface area contributed by atoms with E-state index in [1.807, 2.05) is 30.5 Å². The summed E-state index contributed by atoms with van der Waals surface area (Å²) in [4.78, 5) is 16.2. The summed E-state index contributed by atoms with van der Waals surface area (Å²) >= 11 is 17.4. The Balaban J connectivity index is 0.000000200. The van der Waals surface area contributed by atoms with E-state index in [0.717, 1.165) is 5.52 Å². The summed E-state index contributed by atoms with van der Waals surface area (Å²) < 4.78 is 0. The van der Waals surface area contributed by atoms with Crippen LogP contribution in [0.4, 0.5) is 5.69 Å². The molecule has 0 bridgehead atoms. The van der Waals surface area contributed by atoms with Crippen molar-refractivity contribution in [1.29, 1.82) is 0 Å². The first-order valence-corrected chi connectivity index (χ1v) is 9.62. The SMILES string of the molecule is O=C(Nc1ccc(Cl)c(Cl)c1)c1cc(Cl)ccc1O.c1ccc2ncccc2c1. The molecule has 0 fully saturated rings. The molecule has 1 heterocycles. The first-order chi connectivity index (χ1) is 13.9. The lowest BCUT2D eigenvalue weighted by molar-refractivity contribution is 0.102. The van der Waals surface area contributed by atoms with E-state index < -0.39 is 5.91 Å². The Morgan fingerprint density at radius 3 is 2.38 bits per heavy atom. The highest BCUT2D eigenvalue weighted by Crippen LogP contribution is 2.27. The van der Waals surface area contributed by atoms with Crippen molar-refractivity contribution in [3.8, 4) is 5.75 Å². The normalized spacial score (nSPS) is 10.2. The first kappa shape index (κ1) is 20.9. The van der Waals surface area contributed by atoms with Crippen LogP contribution in [0, 0.1) is 0 Å². The fourth-order valence-electron chi connectivity index (χ4n) is 2.48. The fraction of sp³-hybridized carbons (Fsp3) is 0. The average molecular weight is 446 g/mol. The largest absolute Gasteiger partial charge is 0.507 e. The highest BCUT2D eigenvalue weighted by atomic mass is 35.5. The number of hydrogen-bond acceptors (Lipinski definition) is 3. The number of rotatable bonds is 2. The number of carbonyl (C=O) groups excluding carboxylic acids is 1. The van der Waals surface area contributed by atoms with Crippen LogP contribution in [0.15, 0.2) is 79.0 Å². The van der Waals surface area contributed by atoms with Gasteiger partial charge < -0.3 is 10.4 Å². The first-order valence-electron chi connectivity index (χ1n) is 8.49. The van der Waals surface area contributed by atoms with E-state index in [1.165, 1.54) is 29.7 Å².